The minimum atomic E-state index is -0.561. The highest BCUT2D eigenvalue weighted by Gasteiger charge is 2.45. The van der Waals surface area contributed by atoms with Crippen LogP contribution in [0.3, 0.4) is 0 Å². The Hall–Kier alpha value is -2.11. The molecule has 1 saturated heterocycles. The summed E-state index contributed by atoms with van der Waals surface area (Å²) in [4.78, 5) is 2.52. The van der Waals surface area contributed by atoms with Crippen molar-refractivity contribution in [1.29, 1.82) is 5.26 Å². The van der Waals surface area contributed by atoms with E-state index in [-0.39, 0.29) is 0 Å². The van der Waals surface area contributed by atoms with Gasteiger partial charge in [-0.05, 0) is 35.9 Å². The van der Waals surface area contributed by atoms with Crippen LogP contribution < -0.4 is 0 Å². The average Bonchev–Trinajstić information content (AvgIpc) is 3.06. The van der Waals surface area contributed by atoms with Gasteiger partial charge in [0, 0.05) is 13.1 Å². The molecule has 1 aliphatic rings. The zero-order valence-electron chi connectivity index (χ0n) is 14.7. The molecule has 0 radical (unpaired) electrons. The van der Waals surface area contributed by atoms with Crippen LogP contribution in [0.4, 0.5) is 0 Å². The fourth-order valence-electron chi connectivity index (χ4n) is 4.13. The highest BCUT2D eigenvalue weighted by atomic mass is 15.1. The van der Waals surface area contributed by atoms with E-state index in [1.807, 2.05) is 36.4 Å². The third kappa shape index (κ3) is 3.09. The Morgan fingerprint density at radius 3 is 2.04 bits per heavy atom. The van der Waals surface area contributed by atoms with E-state index in [2.05, 4.69) is 49.1 Å². The Morgan fingerprint density at radius 2 is 1.58 bits per heavy atom. The Kier molecular flexibility index (Phi) is 5.02. The van der Waals surface area contributed by atoms with E-state index in [1.165, 1.54) is 0 Å². The van der Waals surface area contributed by atoms with Gasteiger partial charge >= 0.3 is 0 Å². The van der Waals surface area contributed by atoms with Crippen molar-refractivity contribution in [2.75, 3.05) is 19.6 Å². The van der Waals surface area contributed by atoms with Crippen LogP contribution in [0.15, 0.2) is 60.7 Å². The van der Waals surface area contributed by atoms with E-state index in [0.717, 1.165) is 37.2 Å². The van der Waals surface area contributed by atoms with Crippen LogP contribution in [-0.4, -0.2) is 24.5 Å². The molecule has 124 valence electrons. The molecule has 1 aliphatic heterocycles. The fraction of sp³-hybridized carbons (Fsp3) is 0.409. The summed E-state index contributed by atoms with van der Waals surface area (Å²) in [6, 6.07) is 23.4. The minimum absolute atomic E-state index is 0.325. The van der Waals surface area contributed by atoms with Gasteiger partial charge in [-0.25, -0.2) is 0 Å². The van der Waals surface area contributed by atoms with Crippen LogP contribution >= 0.6 is 0 Å². The summed E-state index contributed by atoms with van der Waals surface area (Å²) in [5.41, 5.74) is 1.68. The van der Waals surface area contributed by atoms with Gasteiger partial charge in [0.05, 0.1) is 6.07 Å². The van der Waals surface area contributed by atoms with E-state index in [9.17, 15) is 5.26 Å². The van der Waals surface area contributed by atoms with Gasteiger partial charge < -0.3 is 4.90 Å². The number of rotatable bonds is 5. The van der Waals surface area contributed by atoms with Crippen LogP contribution in [-0.2, 0) is 5.41 Å². The predicted molar refractivity (Wildman–Crippen MR) is 98.7 cm³/mol. The molecular weight excluding hydrogens is 292 g/mol. The SMILES string of the molecule is CC(C)CN1CCC(C(C#N)(c2ccccc2)c2ccccc2)C1. The van der Waals surface area contributed by atoms with Gasteiger partial charge in [0.2, 0.25) is 0 Å². The zero-order valence-corrected chi connectivity index (χ0v) is 14.7. The van der Waals surface area contributed by atoms with Crippen LogP contribution in [0.5, 0.6) is 0 Å². The monoisotopic (exact) mass is 318 g/mol. The van der Waals surface area contributed by atoms with Gasteiger partial charge in [-0.2, -0.15) is 5.26 Å². The van der Waals surface area contributed by atoms with Gasteiger partial charge in [-0.3, -0.25) is 0 Å². The van der Waals surface area contributed by atoms with Gasteiger partial charge in [-0.1, -0.05) is 74.5 Å². The third-order valence-corrected chi connectivity index (χ3v) is 5.14. The normalized spacial score (nSPS) is 18.7. The molecule has 0 amide bonds. The lowest BCUT2D eigenvalue weighted by atomic mass is 9.66. The first-order chi connectivity index (χ1) is 11.7. The lowest BCUT2D eigenvalue weighted by molar-refractivity contribution is 0.274. The fourth-order valence-corrected chi connectivity index (χ4v) is 4.13. The Morgan fingerprint density at radius 1 is 1.04 bits per heavy atom. The predicted octanol–water partition coefficient (Wildman–Crippen LogP) is 4.47. The molecule has 1 atom stereocenters. The quantitative estimate of drug-likeness (QED) is 0.813. The van der Waals surface area contributed by atoms with Gasteiger partial charge in [0.25, 0.3) is 0 Å². The maximum atomic E-state index is 10.3. The van der Waals surface area contributed by atoms with Gasteiger partial charge in [0.1, 0.15) is 5.41 Å². The number of nitriles is 1. The summed E-state index contributed by atoms with van der Waals surface area (Å²) in [5, 5.41) is 10.3. The summed E-state index contributed by atoms with van der Waals surface area (Å²) >= 11 is 0. The molecule has 2 aromatic carbocycles. The molecular formula is C22H26N2. The topological polar surface area (TPSA) is 27.0 Å². The molecule has 1 unspecified atom stereocenters. The van der Waals surface area contributed by atoms with Crippen molar-refractivity contribution in [3.8, 4) is 6.07 Å². The van der Waals surface area contributed by atoms with E-state index in [4.69, 9.17) is 0 Å². The maximum absolute atomic E-state index is 10.3. The summed E-state index contributed by atoms with van der Waals surface area (Å²) in [6.45, 7) is 7.72. The summed E-state index contributed by atoms with van der Waals surface area (Å²) in [7, 11) is 0. The molecule has 3 rings (SSSR count). The second-order valence-corrected chi connectivity index (χ2v) is 7.29. The minimum Gasteiger partial charge on any atom is -0.303 e. The second kappa shape index (κ2) is 7.20. The van der Waals surface area contributed by atoms with E-state index in [0.29, 0.717) is 11.8 Å². The van der Waals surface area contributed by atoms with Crippen molar-refractivity contribution >= 4 is 0 Å². The first kappa shape index (κ1) is 16.7. The average molecular weight is 318 g/mol. The van der Waals surface area contributed by atoms with Crippen molar-refractivity contribution in [3.05, 3.63) is 71.8 Å². The molecule has 2 heteroatoms. The highest BCUT2D eigenvalue weighted by molar-refractivity contribution is 5.47. The largest absolute Gasteiger partial charge is 0.303 e. The first-order valence-electron chi connectivity index (χ1n) is 8.91. The van der Waals surface area contributed by atoms with E-state index >= 15 is 0 Å². The first-order valence-corrected chi connectivity index (χ1v) is 8.91. The Labute approximate surface area is 145 Å². The summed E-state index contributed by atoms with van der Waals surface area (Å²) in [6.07, 6.45) is 1.07. The molecule has 24 heavy (non-hydrogen) atoms. The molecule has 0 aliphatic carbocycles. The van der Waals surface area contributed by atoms with Crippen LogP contribution in [0.2, 0.25) is 0 Å². The molecule has 0 bridgehead atoms. The van der Waals surface area contributed by atoms with Crippen LogP contribution in [0.1, 0.15) is 31.4 Å². The van der Waals surface area contributed by atoms with Crippen LogP contribution in [0, 0.1) is 23.2 Å². The Bertz CT molecular complexity index is 645. The van der Waals surface area contributed by atoms with Crippen molar-refractivity contribution in [2.24, 2.45) is 11.8 Å². The van der Waals surface area contributed by atoms with Crippen molar-refractivity contribution in [2.45, 2.75) is 25.7 Å². The highest BCUT2D eigenvalue weighted by Crippen LogP contribution is 2.43. The molecule has 0 aromatic heterocycles. The summed E-state index contributed by atoms with van der Waals surface area (Å²) in [5.74, 6) is 0.986. The van der Waals surface area contributed by atoms with E-state index in [1.54, 1.807) is 0 Å². The second-order valence-electron chi connectivity index (χ2n) is 7.29. The Balaban J connectivity index is 2.02. The van der Waals surface area contributed by atoms with Crippen molar-refractivity contribution < 1.29 is 0 Å². The van der Waals surface area contributed by atoms with Crippen LogP contribution in [0.25, 0.3) is 0 Å². The molecule has 0 N–H and O–H groups in total. The smallest absolute Gasteiger partial charge is 0.111 e. The van der Waals surface area contributed by atoms with Gasteiger partial charge in [0.15, 0.2) is 0 Å². The van der Waals surface area contributed by atoms with Crippen molar-refractivity contribution in [3.63, 3.8) is 0 Å². The lowest BCUT2D eigenvalue weighted by Gasteiger charge is -2.34. The molecule has 2 nitrogen and oxygen atoms in total. The zero-order chi connectivity index (χ0) is 17.0. The molecule has 1 heterocycles. The number of likely N-dealkylation sites (tertiary alicyclic amines) is 1. The lowest BCUT2D eigenvalue weighted by Crippen LogP contribution is -2.37. The molecule has 1 fully saturated rings. The number of nitrogens with zero attached hydrogens (tertiary/aromatic N) is 2. The van der Waals surface area contributed by atoms with E-state index < -0.39 is 5.41 Å². The number of benzene rings is 2. The number of hydrogen-bond acceptors (Lipinski definition) is 2. The molecule has 0 spiro atoms. The number of hydrogen-bond donors (Lipinski definition) is 0. The molecule has 2 aromatic rings. The maximum Gasteiger partial charge on any atom is 0.111 e. The van der Waals surface area contributed by atoms with Gasteiger partial charge in [-0.15, -0.1) is 0 Å². The third-order valence-electron chi connectivity index (χ3n) is 5.14. The summed E-state index contributed by atoms with van der Waals surface area (Å²) < 4.78 is 0. The standard InChI is InChI=1S/C22H26N2/c1-18(2)15-24-14-13-21(16-24)22(17-23,19-9-5-3-6-10-19)20-11-7-4-8-12-20/h3-12,18,21H,13-16H2,1-2H3. The van der Waals surface area contributed by atoms with Crippen molar-refractivity contribution in [1.82, 2.24) is 4.90 Å². The molecule has 0 saturated carbocycles.